The van der Waals surface area contributed by atoms with Gasteiger partial charge in [0, 0.05) is 15.5 Å². The van der Waals surface area contributed by atoms with Gasteiger partial charge in [0.1, 0.15) is 17.5 Å². The highest BCUT2D eigenvalue weighted by molar-refractivity contribution is 8.01. The van der Waals surface area contributed by atoms with Gasteiger partial charge < -0.3 is 26.0 Å². The second-order valence-corrected chi connectivity index (χ2v) is 13.2. The van der Waals surface area contributed by atoms with Gasteiger partial charge in [-0.3, -0.25) is 14.4 Å². The molecule has 4 aliphatic heterocycles. The number of carboxylic acid groups (broad SMARTS) is 1. The molecule has 5 atom stereocenters. The summed E-state index contributed by atoms with van der Waals surface area (Å²) in [6.07, 6.45) is -0.0578. The van der Waals surface area contributed by atoms with Crippen molar-refractivity contribution in [1.82, 2.24) is 26.0 Å². The molecule has 0 aromatic heterocycles. The summed E-state index contributed by atoms with van der Waals surface area (Å²) in [5.41, 5.74) is 3.48. The molecule has 4 saturated heterocycles. The third-order valence-corrected chi connectivity index (χ3v) is 9.91. The number of anilines is 1. The van der Waals surface area contributed by atoms with Crippen LogP contribution in [0.5, 0.6) is 0 Å². The van der Waals surface area contributed by atoms with Crippen LogP contribution in [-0.4, -0.2) is 79.0 Å². The van der Waals surface area contributed by atoms with Gasteiger partial charge in [0.05, 0.1) is 19.0 Å². The Bertz CT molecular complexity index is 1500. The first-order valence-corrected chi connectivity index (χ1v) is 14.2. The Hall–Kier alpha value is -3.81. The van der Waals surface area contributed by atoms with Crippen LogP contribution < -0.4 is 21.4 Å². The van der Waals surface area contributed by atoms with Crippen LogP contribution in [0.25, 0.3) is 0 Å². The maximum atomic E-state index is 13.6. The Balaban J connectivity index is 1.13. The topological polar surface area (TPSA) is 160 Å². The highest BCUT2D eigenvalue weighted by Gasteiger charge is 2.66. The summed E-state index contributed by atoms with van der Waals surface area (Å²) in [6, 6.07) is 11.1. The van der Waals surface area contributed by atoms with Crippen molar-refractivity contribution in [3.63, 3.8) is 0 Å². The Morgan fingerprint density at radius 3 is 2.61 bits per heavy atom. The van der Waals surface area contributed by atoms with E-state index in [0.29, 0.717) is 21.8 Å². The summed E-state index contributed by atoms with van der Waals surface area (Å²) in [5, 5.41) is 19.2. The largest absolute Gasteiger partial charge is 0.480 e. The molecule has 2 aromatic carbocycles. The van der Waals surface area contributed by atoms with E-state index in [4.69, 9.17) is 11.6 Å². The van der Waals surface area contributed by atoms with E-state index in [1.54, 1.807) is 62.4 Å². The number of hydrazine groups is 1. The van der Waals surface area contributed by atoms with Gasteiger partial charge in [-0.1, -0.05) is 41.9 Å². The van der Waals surface area contributed by atoms with Gasteiger partial charge in [-0.05, 0) is 43.2 Å². The van der Waals surface area contributed by atoms with E-state index in [1.807, 2.05) is 0 Å². The molecule has 14 heteroatoms. The van der Waals surface area contributed by atoms with Gasteiger partial charge in [0.2, 0.25) is 11.8 Å². The number of benzene rings is 2. The molecule has 5 amide bonds. The van der Waals surface area contributed by atoms with Crippen molar-refractivity contribution in [2.24, 2.45) is 0 Å². The third kappa shape index (κ3) is 4.21. The second-order valence-electron chi connectivity index (χ2n) is 11.0. The van der Waals surface area contributed by atoms with E-state index in [0.717, 1.165) is 0 Å². The summed E-state index contributed by atoms with van der Waals surface area (Å²) >= 11 is 7.75. The lowest BCUT2D eigenvalue weighted by molar-refractivity contribution is -0.161. The SMILES string of the molecule is CC1(C)S[C@@H]2[C@H](NC(=O)Cc3cccc(NC(=O)C45CNC(=O)N4NC5c4ccccc4Cl)c3)C(=O)N2[C@H]1C(=O)O. The van der Waals surface area contributed by atoms with Crippen LogP contribution >= 0.6 is 23.4 Å². The molecule has 4 heterocycles. The number of nitrogens with zero attached hydrogens (tertiary/aromatic N) is 2. The number of thioether (sulfide) groups is 1. The first-order chi connectivity index (χ1) is 19.4. The average molecular weight is 599 g/mol. The maximum absolute atomic E-state index is 13.6. The van der Waals surface area contributed by atoms with E-state index in [1.165, 1.54) is 21.7 Å². The molecule has 5 N–H and O–H groups in total. The molecule has 0 saturated carbocycles. The van der Waals surface area contributed by atoms with Crippen molar-refractivity contribution in [2.45, 2.75) is 54.1 Å². The van der Waals surface area contributed by atoms with E-state index < -0.39 is 63.5 Å². The molecule has 4 aliphatic rings. The molecule has 4 fully saturated rings. The number of amides is 5. The Morgan fingerprint density at radius 1 is 1.15 bits per heavy atom. The second kappa shape index (κ2) is 9.64. The van der Waals surface area contributed by atoms with Gasteiger partial charge in [0.15, 0.2) is 5.54 Å². The number of hydrogen-bond acceptors (Lipinski definition) is 7. The van der Waals surface area contributed by atoms with Crippen LogP contribution in [0.3, 0.4) is 0 Å². The first-order valence-electron chi connectivity index (χ1n) is 13.0. The predicted molar refractivity (Wildman–Crippen MR) is 150 cm³/mol. The fourth-order valence-corrected chi connectivity index (χ4v) is 7.90. The third-order valence-electron chi connectivity index (χ3n) is 8.00. The van der Waals surface area contributed by atoms with E-state index in [2.05, 4.69) is 21.4 Å². The minimum atomic E-state index is -1.24. The van der Waals surface area contributed by atoms with Crippen LogP contribution in [0.15, 0.2) is 48.5 Å². The number of nitrogens with one attached hydrogen (secondary N) is 4. The van der Waals surface area contributed by atoms with Crippen molar-refractivity contribution in [3.05, 3.63) is 64.7 Å². The minimum absolute atomic E-state index is 0.0578. The number of carboxylic acids is 1. The van der Waals surface area contributed by atoms with Gasteiger partial charge in [-0.2, -0.15) is 0 Å². The number of carbonyl (C=O) groups is 5. The van der Waals surface area contributed by atoms with Crippen LogP contribution in [0, 0.1) is 0 Å². The fraction of sp³-hybridized carbons (Fsp3) is 0.370. The van der Waals surface area contributed by atoms with Crippen LogP contribution in [0.2, 0.25) is 5.02 Å². The number of rotatable bonds is 7. The van der Waals surface area contributed by atoms with Gasteiger partial charge in [-0.25, -0.2) is 20.0 Å². The van der Waals surface area contributed by atoms with Crippen LogP contribution in [-0.2, 0) is 25.6 Å². The maximum Gasteiger partial charge on any atom is 0.333 e. The predicted octanol–water partition coefficient (Wildman–Crippen LogP) is 1.48. The molecule has 214 valence electrons. The molecule has 12 nitrogen and oxygen atoms in total. The fourth-order valence-electron chi connectivity index (χ4n) is 6.03. The summed E-state index contributed by atoms with van der Waals surface area (Å²) in [6.45, 7) is 3.62. The molecular weight excluding hydrogens is 572 g/mol. The monoisotopic (exact) mass is 598 g/mol. The minimum Gasteiger partial charge on any atom is -0.480 e. The number of fused-ring (bicyclic) bond motifs is 2. The molecule has 0 aliphatic carbocycles. The molecule has 0 radical (unpaired) electrons. The molecule has 2 aromatic rings. The van der Waals surface area contributed by atoms with Crippen LogP contribution in [0.1, 0.15) is 31.0 Å². The molecule has 41 heavy (non-hydrogen) atoms. The van der Waals surface area contributed by atoms with Crippen LogP contribution in [0.4, 0.5) is 10.5 Å². The molecule has 0 bridgehead atoms. The highest BCUT2D eigenvalue weighted by atomic mass is 35.5. The summed E-state index contributed by atoms with van der Waals surface area (Å²) in [5.74, 6) is -2.31. The smallest absolute Gasteiger partial charge is 0.333 e. The number of hydrogen-bond donors (Lipinski definition) is 5. The standard InChI is InChI=1S/C27H27ClN6O6S/c1-26(2)20(23(37)38)33-21(36)18(22(33)41-26)31-17(35)11-13-6-5-7-14(10-13)30-24(39)27-12-29-25(40)34(27)32-19(27)15-8-3-4-9-16(15)28/h3-10,18-20,22,32H,11-12H2,1-2H3,(H,29,40)(H,30,39)(H,31,35)(H,37,38)/t18-,19?,20+,22-,27?/m1/s1. The van der Waals surface area contributed by atoms with Gasteiger partial charge >= 0.3 is 12.0 Å². The summed E-state index contributed by atoms with van der Waals surface area (Å²) in [4.78, 5) is 64.6. The number of aliphatic carboxylic acids is 1. The average Bonchev–Trinajstić information content (AvgIpc) is 3.31. The molecular formula is C27H27ClN6O6S. The van der Waals surface area contributed by atoms with Crippen molar-refractivity contribution in [2.75, 3.05) is 11.9 Å². The Kier molecular flexibility index (Phi) is 6.43. The highest BCUT2D eigenvalue weighted by Crippen LogP contribution is 2.51. The summed E-state index contributed by atoms with van der Waals surface area (Å²) < 4.78 is -0.687. The van der Waals surface area contributed by atoms with Crippen molar-refractivity contribution in [1.29, 1.82) is 0 Å². The number of urea groups is 1. The Labute approximate surface area is 244 Å². The normalized spacial score (nSPS) is 29.0. The first kappa shape index (κ1) is 27.4. The molecule has 6 rings (SSSR count). The van der Waals surface area contributed by atoms with Crippen molar-refractivity contribution in [3.8, 4) is 0 Å². The van der Waals surface area contributed by atoms with E-state index >= 15 is 0 Å². The Morgan fingerprint density at radius 2 is 1.90 bits per heavy atom. The van der Waals surface area contributed by atoms with Gasteiger partial charge in [-0.15, -0.1) is 11.8 Å². The lowest BCUT2D eigenvalue weighted by atomic mass is 9.80. The molecule has 0 spiro atoms. The quantitative estimate of drug-likeness (QED) is 0.300. The van der Waals surface area contributed by atoms with Gasteiger partial charge in [0.25, 0.3) is 5.91 Å². The van der Waals surface area contributed by atoms with Crippen molar-refractivity contribution < 1.29 is 29.1 Å². The number of carbonyl (C=O) groups excluding carboxylic acids is 4. The zero-order valence-corrected chi connectivity index (χ0v) is 23.6. The number of β-lactam (4-membered cyclic amide) rings is 1. The lowest BCUT2D eigenvalue weighted by Gasteiger charge is -2.52. The van der Waals surface area contributed by atoms with Crippen molar-refractivity contribution >= 4 is 58.8 Å². The summed E-state index contributed by atoms with van der Waals surface area (Å²) in [7, 11) is 0. The van der Waals surface area contributed by atoms with E-state index in [9.17, 15) is 29.1 Å². The lowest BCUT2D eigenvalue weighted by Crippen LogP contribution is -2.76. The molecule has 2 unspecified atom stereocenters. The zero-order chi connectivity index (χ0) is 29.3. The van der Waals surface area contributed by atoms with E-state index in [-0.39, 0.29) is 13.0 Å². The zero-order valence-electron chi connectivity index (χ0n) is 22.0. The number of halogens is 1.